The van der Waals surface area contributed by atoms with Gasteiger partial charge in [-0.15, -0.1) is 0 Å². The second kappa shape index (κ2) is 19.4. The predicted octanol–water partition coefficient (Wildman–Crippen LogP) is 20.8. The van der Waals surface area contributed by atoms with Crippen LogP contribution in [0, 0.1) is 11.3 Å². The average Bonchev–Trinajstić information content (AvgIpc) is 1.60. The van der Waals surface area contributed by atoms with E-state index in [2.05, 4.69) is 321 Å². The second-order valence-corrected chi connectivity index (χ2v) is 25.0. The van der Waals surface area contributed by atoms with Crippen molar-refractivity contribution in [3.8, 4) is 51.1 Å². The van der Waals surface area contributed by atoms with Crippen molar-refractivity contribution >= 4 is 109 Å². The molecule has 6 heterocycles. The van der Waals surface area contributed by atoms with E-state index in [9.17, 15) is 5.26 Å². The number of nitrogens with one attached hydrogen (secondary N) is 1. The van der Waals surface area contributed by atoms with Crippen LogP contribution in [0.15, 0.2) is 285 Å². The first-order valence-corrected chi connectivity index (χ1v) is 31.5. The van der Waals surface area contributed by atoms with Crippen LogP contribution in [0.3, 0.4) is 0 Å². The molecule has 0 bridgehead atoms. The van der Waals surface area contributed by atoms with Gasteiger partial charge in [-0.2, -0.15) is 5.26 Å². The van der Waals surface area contributed by atoms with Crippen molar-refractivity contribution in [3.63, 3.8) is 0 Å². The van der Waals surface area contributed by atoms with Gasteiger partial charge in [0.15, 0.2) is 0 Å². The summed E-state index contributed by atoms with van der Waals surface area (Å²) in [6.45, 7) is 5.79. The van der Waals surface area contributed by atoms with Gasteiger partial charge in [0.25, 0.3) is 0 Å². The number of para-hydroxylation sites is 8. The van der Waals surface area contributed by atoms with E-state index in [4.69, 9.17) is 0 Å². The largest absolute Gasteiger partial charge is 0.330 e. The monoisotopic (exact) mass is 1160 g/mol. The topological polar surface area (TPSA) is 70.4 Å². The summed E-state index contributed by atoms with van der Waals surface area (Å²) in [7, 11) is 0. The van der Waals surface area contributed by atoms with Crippen LogP contribution < -0.4 is 5.32 Å². The van der Waals surface area contributed by atoms with Crippen molar-refractivity contribution in [3.05, 3.63) is 302 Å². The summed E-state index contributed by atoms with van der Waals surface area (Å²) in [5.41, 5.74) is 21.4. The zero-order valence-electron chi connectivity index (χ0n) is 50.1. The van der Waals surface area contributed by atoms with Crippen LogP contribution in [0.25, 0.3) is 154 Å². The van der Waals surface area contributed by atoms with Crippen LogP contribution in [-0.4, -0.2) is 29.4 Å². The highest BCUT2D eigenvalue weighted by Gasteiger charge is 2.40. The molecule has 13 aromatic carbocycles. The van der Waals surface area contributed by atoms with Crippen LogP contribution >= 0.6 is 0 Å². The maximum absolute atomic E-state index is 11.7. The van der Waals surface area contributed by atoms with E-state index in [0.29, 0.717) is 5.56 Å². The summed E-state index contributed by atoms with van der Waals surface area (Å²) >= 11 is 0. The Hall–Kier alpha value is -11.7. The Morgan fingerprint density at radius 3 is 1.20 bits per heavy atom. The lowest BCUT2D eigenvalue weighted by Gasteiger charge is -2.37. The Morgan fingerprint density at radius 2 is 0.725 bits per heavy atom. The summed E-state index contributed by atoms with van der Waals surface area (Å²) in [5.74, 6) is 0. The minimum absolute atomic E-state index is 0.147. The predicted molar refractivity (Wildman–Crippen MR) is 378 cm³/mol. The van der Waals surface area contributed by atoms with Crippen molar-refractivity contribution < 1.29 is 0 Å². The molecule has 18 aromatic rings. The van der Waals surface area contributed by atoms with Crippen molar-refractivity contribution in [1.29, 1.82) is 5.26 Å². The first-order valence-electron chi connectivity index (χ1n) is 31.5. The first kappa shape index (κ1) is 51.4. The fourth-order valence-corrected chi connectivity index (χ4v) is 16.1. The minimum Gasteiger partial charge on any atom is -0.330 e. The standard InChI is InChI=1S/C84H57N7/c1-84(2,91-73-43-23-15-33-58(73)59-34-16-24-44-74(59)91)79-82(89-69-39-19-13-35-60(69)62-45-47-75-77(80(62)89)64-37-17-21-41-71(64)87(75)53-26-5-3-6-27-53)66(55-30-10-9-25-52(55)50-85)49-67(56-31-11-12-32-57(56)68-51-86-68)83(79)90-70-40-20-14-36-61(70)63-46-48-76-78(81(63)90)65-38-18-22-42-72(65)88(76)54-28-7-4-8-29-54/h3-49,68,86H,51H2,1-2H3. The highest BCUT2D eigenvalue weighted by molar-refractivity contribution is 6.28. The van der Waals surface area contributed by atoms with Gasteiger partial charge in [0.1, 0.15) is 0 Å². The molecule has 1 atom stereocenters. The third kappa shape index (κ3) is 7.22. The Morgan fingerprint density at radius 1 is 0.352 bits per heavy atom. The lowest BCUT2D eigenvalue weighted by molar-refractivity contribution is 0.462. The number of benzene rings is 13. The minimum atomic E-state index is -0.931. The molecule has 7 nitrogen and oxygen atoms in total. The van der Waals surface area contributed by atoms with Crippen molar-refractivity contribution in [2.75, 3.05) is 6.54 Å². The van der Waals surface area contributed by atoms with Crippen molar-refractivity contribution in [1.82, 2.24) is 28.2 Å². The Balaban J connectivity index is 1.13. The average molecular weight is 1160 g/mol. The van der Waals surface area contributed by atoms with E-state index < -0.39 is 5.54 Å². The lowest BCUT2D eigenvalue weighted by Crippen LogP contribution is -2.31. The molecular weight excluding hydrogens is 1110 g/mol. The van der Waals surface area contributed by atoms with Gasteiger partial charge in [-0.1, -0.05) is 200 Å². The summed E-state index contributed by atoms with van der Waals surface area (Å²) < 4.78 is 12.8. The quantitative estimate of drug-likeness (QED) is 0.146. The van der Waals surface area contributed by atoms with Crippen LogP contribution in [0.4, 0.5) is 0 Å². The molecular formula is C84H57N7. The van der Waals surface area contributed by atoms with Crippen LogP contribution in [0.1, 0.15) is 36.6 Å². The molecule has 1 N–H and O–H groups in total. The number of hydrogen-bond acceptors (Lipinski definition) is 2. The summed E-state index contributed by atoms with van der Waals surface area (Å²) in [5, 5.41) is 27.1. The van der Waals surface area contributed by atoms with Gasteiger partial charge in [0.2, 0.25) is 0 Å². The van der Waals surface area contributed by atoms with Crippen LogP contribution in [0.5, 0.6) is 0 Å². The zero-order valence-corrected chi connectivity index (χ0v) is 50.1. The molecule has 0 amide bonds. The molecule has 7 heteroatoms. The number of aromatic nitrogens is 5. The molecule has 1 aliphatic rings. The number of nitrogens with zero attached hydrogens (tertiary/aromatic N) is 6. The van der Waals surface area contributed by atoms with Gasteiger partial charge in [-0.05, 0) is 110 Å². The Labute approximate surface area is 524 Å². The van der Waals surface area contributed by atoms with Gasteiger partial charge >= 0.3 is 0 Å². The fourth-order valence-electron chi connectivity index (χ4n) is 16.1. The molecule has 1 unspecified atom stereocenters. The third-order valence-corrected chi connectivity index (χ3v) is 19.8. The molecule has 0 aliphatic carbocycles. The smallest absolute Gasteiger partial charge is 0.0998 e. The van der Waals surface area contributed by atoms with Crippen molar-refractivity contribution in [2.45, 2.75) is 25.4 Å². The van der Waals surface area contributed by atoms with Gasteiger partial charge in [-0.3, -0.25) is 0 Å². The maximum atomic E-state index is 11.7. The van der Waals surface area contributed by atoms with E-state index in [1.165, 1.54) is 27.1 Å². The van der Waals surface area contributed by atoms with E-state index in [-0.39, 0.29) is 6.04 Å². The highest BCUT2D eigenvalue weighted by Crippen LogP contribution is 2.55. The van der Waals surface area contributed by atoms with E-state index in [1.54, 1.807) is 0 Å². The molecule has 0 saturated carbocycles. The number of fused-ring (bicyclic) bond motifs is 17. The zero-order chi connectivity index (χ0) is 60.2. The normalized spacial score (nSPS) is 13.6. The van der Waals surface area contributed by atoms with E-state index >= 15 is 0 Å². The number of rotatable bonds is 9. The van der Waals surface area contributed by atoms with E-state index in [0.717, 1.165) is 145 Å². The van der Waals surface area contributed by atoms with Gasteiger partial charge < -0.3 is 28.2 Å². The van der Waals surface area contributed by atoms with Gasteiger partial charge in [-0.25, -0.2) is 0 Å². The lowest BCUT2D eigenvalue weighted by atomic mass is 9.81. The molecule has 0 radical (unpaired) electrons. The van der Waals surface area contributed by atoms with Gasteiger partial charge in [0.05, 0.1) is 72.7 Å². The van der Waals surface area contributed by atoms with Crippen LogP contribution in [-0.2, 0) is 5.54 Å². The molecule has 19 rings (SSSR count). The first-order chi connectivity index (χ1) is 45.0. The molecule has 1 fully saturated rings. The molecule has 1 saturated heterocycles. The molecule has 1 aliphatic heterocycles. The summed E-state index contributed by atoms with van der Waals surface area (Å²) in [6.07, 6.45) is 0. The number of nitriles is 1. The number of hydrogen-bond donors (Lipinski definition) is 1. The maximum Gasteiger partial charge on any atom is 0.0998 e. The Kier molecular flexibility index (Phi) is 11.0. The molecule has 428 valence electrons. The summed E-state index contributed by atoms with van der Waals surface area (Å²) in [4.78, 5) is 0. The SMILES string of the molecule is CC(C)(c1c(-n2c3ccccc3c3ccc4c(c5ccccc5n4-c4ccccc4)c32)c(-c2ccccc2C#N)cc(-c2ccccc2C2CN2)c1-n1c2ccccc2c2ccc3c(c4ccccc4n3-c3ccccc3)c21)n1c2ccccc2c2ccccc21. The van der Waals surface area contributed by atoms with Crippen LogP contribution in [0.2, 0.25) is 0 Å². The van der Waals surface area contributed by atoms with Gasteiger partial charge in [0, 0.05) is 111 Å². The van der Waals surface area contributed by atoms with E-state index in [1.807, 2.05) is 12.1 Å². The molecule has 0 spiro atoms. The highest BCUT2D eigenvalue weighted by atomic mass is 15.1. The molecule has 5 aromatic heterocycles. The third-order valence-electron chi connectivity index (χ3n) is 19.8. The molecule has 91 heavy (non-hydrogen) atoms. The summed E-state index contributed by atoms with van der Waals surface area (Å²) in [6, 6.07) is 108. The second-order valence-electron chi connectivity index (χ2n) is 25.0. The Bertz CT molecular complexity index is 6080. The van der Waals surface area contributed by atoms with Crippen molar-refractivity contribution in [2.24, 2.45) is 0 Å². The fraction of sp³-hybridized carbons (Fsp3) is 0.0595.